The number of aromatic nitrogens is 1. The molecule has 0 spiro atoms. The molecular formula is C26H21F3N2O2S. The van der Waals surface area contributed by atoms with Crippen molar-refractivity contribution in [1.82, 2.24) is 4.57 Å². The average molecular weight is 483 g/mol. The van der Waals surface area contributed by atoms with E-state index < -0.39 is 11.7 Å². The first kappa shape index (κ1) is 22.3. The van der Waals surface area contributed by atoms with E-state index in [9.17, 15) is 13.2 Å². The maximum absolute atomic E-state index is 13.2. The molecule has 174 valence electrons. The van der Waals surface area contributed by atoms with E-state index in [1.165, 1.54) is 23.0 Å². The molecule has 1 aromatic heterocycles. The van der Waals surface area contributed by atoms with Crippen LogP contribution in [0.15, 0.2) is 71.0 Å². The van der Waals surface area contributed by atoms with Crippen LogP contribution in [0, 0.1) is 13.8 Å². The van der Waals surface area contributed by atoms with Gasteiger partial charge >= 0.3 is 6.18 Å². The lowest BCUT2D eigenvalue weighted by molar-refractivity contribution is -0.137. The highest BCUT2D eigenvalue weighted by Crippen LogP contribution is 2.34. The Bertz CT molecular complexity index is 1440. The Balaban J connectivity index is 1.63. The maximum Gasteiger partial charge on any atom is 0.416 e. The van der Waals surface area contributed by atoms with Crippen LogP contribution in [0.3, 0.4) is 0 Å². The number of alkyl halides is 3. The SMILES string of the molecule is Cc1ccc(-c2csc(=Nc3cccc(C(F)(F)F)c3)n2Cc2ccc3c(c2)OCO3)cc1C. The largest absolute Gasteiger partial charge is 0.454 e. The van der Waals surface area contributed by atoms with E-state index >= 15 is 0 Å². The van der Waals surface area contributed by atoms with Gasteiger partial charge in [0.1, 0.15) is 0 Å². The second-order valence-corrected chi connectivity index (χ2v) is 8.97. The molecule has 0 aliphatic carbocycles. The molecule has 4 aromatic rings. The van der Waals surface area contributed by atoms with E-state index in [0.717, 1.165) is 34.5 Å². The molecule has 8 heteroatoms. The molecular weight excluding hydrogens is 461 g/mol. The van der Waals surface area contributed by atoms with Crippen LogP contribution in [-0.4, -0.2) is 11.4 Å². The topological polar surface area (TPSA) is 35.8 Å². The van der Waals surface area contributed by atoms with Gasteiger partial charge in [0.2, 0.25) is 6.79 Å². The summed E-state index contributed by atoms with van der Waals surface area (Å²) in [6, 6.07) is 17.0. The van der Waals surface area contributed by atoms with E-state index in [-0.39, 0.29) is 12.5 Å². The minimum Gasteiger partial charge on any atom is -0.454 e. The molecule has 0 bridgehead atoms. The number of ether oxygens (including phenoxy) is 2. The number of fused-ring (bicyclic) bond motifs is 1. The third-order valence-electron chi connectivity index (χ3n) is 5.78. The molecule has 0 N–H and O–H groups in total. The first-order chi connectivity index (χ1) is 16.3. The summed E-state index contributed by atoms with van der Waals surface area (Å²) < 4.78 is 52.6. The molecule has 34 heavy (non-hydrogen) atoms. The Morgan fingerprint density at radius 3 is 2.56 bits per heavy atom. The Labute approximate surface area is 198 Å². The summed E-state index contributed by atoms with van der Waals surface area (Å²) in [5.41, 5.74) is 4.81. The highest BCUT2D eigenvalue weighted by atomic mass is 32.1. The van der Waals surface area contributed by atoms with Crippen LogP contribution in [-0.2, 0) is 12.7 Å². The zero-order chi connectivity index (χ0) is 23.9. The summed E-state index contributed by atoms with van der Waals surface area (Å²) in [6.07, 6.45) is -4.42. The predicted octanol–water partition coefficient (Wildman–Crippen LogP) is 6.86. The van der Waals surface area contributed by atoms with E-state index in [0.29, 0.717) is 22.8 Å². The molecule has 1 aliphatic rings. The fraction of sp³-hybridized carbons (Fsp3) is 0.192. The minimum atomic E-state index is -4.42. The number of hydrogen-bond donors (Lipinski definition) is 0. The maximum atomic E-state index is 13.2. The Morgan fingerprint density at radius 1 is 0.941 bits per heavy atom. The highest BCUT2D eigenvalue weighted by molar-refractivity contribution is 7.07. The normalized spacial score (nSPS) is 13.5. The van der Waals surface area contributed by atoms with Crippen LogP contribution >= 0.6 is 11.3 Å². The quantitative estimate of drug-likeness (QED) is 0.319. The van der Waals surface area contributed by atoms with Gasteiger partial charge in [-0.05, 0) is 72.5 Å². The lowest BCUT2D eigenvalue weighted by atomic mass is 10.0. The standard InChI is InChI=1S/C26H21F3N2O2S/c1-16-6-8-19(10-17(16)2)22-14-34-25(30-21-5-3-4-20(12-21)26(27,28)29)31(22)13-18-7-9-23-24(11-18)33-15-32-23/h3-12,14H,13,15H2,1-2H3. The molecule has 0 saturated carbocycles. The number of thiazole rings is 1. The summed E-state index contributed by atoms with van der Waals surface area (Å²) >= 11 is 1.39. The van der Waals surface area contributed by atoms with Crippen LogP contribution in [0.1, 0.15) is 22.3 Å². The van der Waals surface area contributed by atoms with Gasteiger partial charge in [0, 0.05) is 5.38 Å². The fourth-order valence-electron chi connectivity index (χ4n) is 3.79. The predicted molar refractivity (Wildman–Crippen MR) is 126 cm³/mol. The summed E-state index contributed by atoms with van der Waals surface area (Å²) in [5.74, 6) is 1.37. The van der Waals surface area contributed by atoms with Crippen LogP contribution in [0.25, 0.3) is 11.3 Å². The Kier molecular flexibility index (Phi) is 5.69. The molecule has 5 rings (SSSR count). The molecule has 0 unspecified atom stereocenters. The van der Waals surface area contributed by atoms with E-state index in [1.54, 1.807) is 6.07 Å². The Morgan fingerprint density at radius 2 is 1.76 bits per heavy atom. The van der Waals surface area contributed by atoms with Crippen molar-refractivity contribution in [2.24, 2.45) is 4.99 Å². The van der Waals surface area contributed by atoms with Gasteiger partial charge in [-0.1, -0.05) is 24.3 Å². The van der Waals surface area contributed by atoms with Crippen molar-refractivity contribution in [2.45, 2.75) is 26.6 Å². The lowest BCUT2D eigenvalue weighted by Crippen LogP contribution is -2.17. The average Bonchev–Trinajstić information content (AvgIpc) is 3.42. The lowest BCUT2D eigenvalue weighted by Gasteiger charge is -2.12. The van der Waals surface area contributed by atoms with E-state index in [4.69, 9.17) is 9.47 Å². The van der Waals surface area contributed by atoms with Gasteiger partial charge in [0.25, 0.3) is 0 Å². The zero-order valence-electron chi connectivity index (χ0n) is 18.5. The van der Waals surface area contributed by atoms with Gasteiger partial charge in [0.05, 0.1) is 23.5 Å². The first-order valence-corrected chi connectivity index (χ1v) is 11.5. The van der Waals surface area contributed by atoms with Crippen molar-refractivity contribution in [3.8, 4) is 22.8 Å². The van der Waals surface area contributed by atoms with Gasteiger partial charge in [-0.25, -0.2) is 4.99 Å². The summed E-state index contributed by atoms with van der Waals surface area (Å²) in [6.45, 7) is 4.78. The van der Waals surface area contributed by atoms with E-state index in [1.807, 2.05) is 28.1 Å². The molecule has 0 fully saturated rings. The monoisotopic (exact) mass is 482 g/mol. The van der Waals surface area contributed by atoms with Crippen LogP contribution < -0.4 is 14.3 Å². The number of nitrogens with zero attached hydrogens (tertiary/aromatic N) is 2. The van der Waals surface area contributed by atoms with Crippen LogP contribution in [0.5, 0.6) is 11.5 Å². The molecule has 0 amide bonds. The van der Waals surface area contributed by atoms with Crippen molar-refractivity contribution < 1.29 is 22.6 Å². The third-order valence-corrected chi connectivity index (χ3v) is 6.64. The van der Waals surface area contributed by atoms with Gasteiger partial charge in [-0.3, -0.25) is 0 Å². The molecule has 2 heterocycles. The first-order valence-electron chi connectivity index (χ1n) is 10.6. The summed E-state index contributed by atoms with van der Waals surface area (Å²) in [5, 5.41) is 1.99. The zero-order valence-corrected chi connectivity index (χ0v) is 19.3. The van der Waals surface area contributed by atoms with E-state index in [2.05, 4.69) is 37.0 Å². The smallest absolute Gasteiger partial charge is 0.416 e. The van der Waals surface area contributed by atoms with Crippen molar-refractivity contribution in [3.63, 3.8) is 0 Å². The van der Waals surface area contributed by atoms with Gasteiger partial charge < -0.3 is 14.0 Å². The number of benzene rings is 3. The number of hydrogen-bond acceptors (Lipinski definition) is 4. The molecule has 3 aromatic carbocycles. The molecule has 4 nitrogen and oxygen atoms in total. The van der Waals surface area contributed by atoms with Gasteiger partial charge in [-0.15, -0.1) is 11.3 Å². The number of rotatable bonds is 4. The highest BCUT2D eigenvalue weighted by Gasteiger charge is 2.30. The van der Waals surface area contributed by atoms with Crippen LogP contribution in [0.2, 0.25) is 0 Å². The summed E-state index contributed by atoms with van der Waals surface area (Å²) in [4.78, 5) is 5.20. The molecule has 0 radical (unpaired) electrons. The van der Waals surface area contributed by atoms with Gasteiger partial charge in [-0.2, -0.15) is 13.2 Å². The molecule has 0 atom stereocenters. The van der Waals surface area contributed by atoms with Crippen molar-refractivity contribution >= 4 is 17.0 Å². The third kappa shape index (κ3) is 4.46. The number of aryl methyl sites for hydroxylation is 2. The Hall–Kier alpha value is -3.52. The summed E-state index contributed by atoms with van der Waals surface area (Å²) in [7, 11) is 0. The van der Waals surface area contributed by atoms with Crippen molar-refractivity contribution in [3.05, 3.63) is 93.1 Å². The fourth-order valence-corrected chi connectivity index (χ4v) is 4.72. The van der Waals surface area contributed by atoms with Crippen LogP contribution in [0.4, 0.5) is 18.9 Å². The van der Waals surface area contributed by atoms with Gasteiger partial charge in [0.15, 0.2) is 16.3 Å². The van der Waals surface area contributed by atoms with Crippen molar-refractivity contribution in [2.75, 3.05) is 6.79 Å². The second kappa shape index (κ2) is 8.68. The number of halogens is 3. The second-order valence-electron chi connectivity index (χ2n) is 8.14. The minimum absolute atomic E-state index is 0.189. The molecule has 1 aliphatic heterocycles. The van der Waals surface area contributed by atoms with Crippen molar-refractivity contribution in [1.29, 1.82) is 0 Å². The molecule has 0 saturated heterocycles.